The number of halogens is 4. The molecule has 1 N–H and O–H groups in total. The van der Waals surface area contributed by atoms with Crippen LogP contribution in [0.2, 0.25) is 5.02 Å². The molecular formula is C19H17ClF3N3. The second-order valence-corrected chi connectivity index (χ2v) is 7.03. The predicted molar refractivity (Wildman–Crippen MR) is 97.0 cm³/mol. The maximum absolute atomic E-state index is 13.2. The summed E-state index contributed by atoms with van der Waals surface area (Å²) < 4.78 is 41.4. The Bertz CT molecular complexity index is 943. The Balaban J connectivity index is 1.83. The van der Waals surface area contributed by atoms with Gasteiger partial charge < -0.3 is 5.32 Å². The summed E-state index contributed by atoms with van der Waals surface area (Å²) in [5, 5.41) is 8.75. The Hall–Kier alpha value is -2.21. The lowest BCUT2D eigenvalue weighted by atomic mass is 10.1. The largest absolute Gasteiger partial charge is 0.416 e. The van der Waals surface area contributed by atoms with Crippen LogP contribution in [0.4, 0.5) is 24.7 Å². The first-order valence-electron chi connectivity index (χ1n) is 8.54. The van der Waals surface area contributed by atoms with E-state index in [4.69, 9.17) is 11.6 Å². The van der Waals surface area contributed by atoms with E-state index in [2.05, 4.69) is 10.4 Å². The number of hydrogen-bond acceptors (Lipinski definition) is 2. The van der Waals surface area contributed by atoms with Crippen molar-refractivity contribution in [2.75, 3.05) is 5.32 Å². The fourth-order valence-corrected chi connectivity index (χ4v) is 3.73. The number of aromatic nitrogens is 2. The highest BCUT2D eigenvalue weighted by atomic mass is 35.5. The highest BCUT2D eigenvalue weighted by molar-refractivity contribution is 6.30. The van der Waals surface area contributed by atoms with Crippen LogP contribution >= 0.6 is 11.6 Å². The van der Waals surface area contributed by atoms with Crippen LogP contribution in [0.5, 0.6) is 0 Å². The fraction of sp³-hybridized carbons (Fsp3) is 0.316. The Morgan fingerprint density at radius 1 is 1.08 bits per heavy atom. The van der Waals surface area contributed by atoms with E-state index in [-0.39, 0.29) is 6.04 Å². The van der Waals surface area contributed by atoms with Crippen LogP contribution in [0.15, 0.2) is 42.5 Å². The quantitative estimate of drug-likeness (QED) is 0.558. The third kappa shape index (κ3) is 3.26. The van der Waals surface area contributed by atoms with E-state index in [0.717, 1.165) is 37.3 Å². The maximum atomic E-state index is 13.2. The summed E-state index contributed by atoms with van der Waals surface area (Å²) >= 11 is 6.01. The standard InChI is InChI=1S/C19H17ClF3N3/c20-13-4-3-5-14(11-13)24-18-16-10-12(19(21,22)23)8-9-17(16)26(25-18)15-6-1-2-7-15/h3-5,8-11,15H,1-2,6-7H2,(H,24,25). The molecule has 2 aromatic carbocycles. The van der Waals surface area contributed by atoms with Crippen LogP contribution in [-0.2, 0) is 6.18 Å². The number of rotatable bonds is 3. The van der Waals surface area contributed by atoms with Gasteiger partial charge in [-0.25, -0.2) is 0 Å². The topological polar surface area (TPSA) is 29.9 Å². The zero-order valence-corrected chi connectivity index (χ0v) is 14.6. The molecule has 1 fully saturated rings. The molecule has 1 heterocycles. The van der Waals surface area contributed by atoms with Crippen molar-refractivity contribution >= 4 is 34.0 Å². The normalized spacial score (nSPS) is 15.7. The molecule has 0 amide bonds. The Labute approximate surface area is 153 Å². The Morgan fingerprint density at radius 2 is 1.85 bits per heavy atom. The van der Waals surface area contributed by atoms with E-state index in [1.54, 1.807) is 24.3 Å². The van der Waals surface area contributed by atoms with E-state index in [9.17, 15) is 13.2 Å². The summed E-state index contributed by atoms with van der Waals surface area (Å²) in [7, 11) is 0. The van der Waals surface area contributed by atoms with E-state index in [1.165, 1.54) is 12.1 Å². The first kappa shape index (κ1) is 17.2. The minimum atomic E-state index is -4.39. The number of benzene rings is 2. The van der Waals surface area contributed by atoms with Crippen molar-refractivity contribution in [1.82, 2.24) is 9.78 Å². The lowest BCUT2D eigenvalue weighted by Crippen LogP contribution is -2.07. The summed E-state index contributed by atoms with van der Waals surface area (Å²) in [6.07, 6.45) is -0.173. The number of anilines is 2. The minimum absolute atomic E-state index is 0.226. The van der Waals surface area contributed by atoms with Crippen LogP contribution in [-0.4, -0.2) is 9.78 Å². The SMILES string of the molecule is FC(F)(F)c1ccc2c(c1)c(Nc1cccc(Cl)c1)nn2C1CCCC1. The van der Waals surface area contributed by atoms with E-state index in [0.29, 0.717) is 21.9 Å². The first-order valence-corrected chi connectivity index (χ1v) is 8.92. The van der Waals surface area contributed by atoms with Crippen molar-refractivity contribution in [1.29, 1.82) is 0 Å². The molecule has 136 valence electrons. The second kappa shape index (κ2) is 6.50. The van der Waals surface area contributed by atoms with E-state index in [1.807, 2.05) is 4.68 Å². The lowest BCUT2D eigenvalue weighted by molar-refractivity contribution is -0.137. The van der Waals surface area contributed by atoms with Crippen molar-refractivity contribution in [2.24, 2.45) is 0 Å². The molecule has 26 heavy (non-hydrogen) atoms. The van der Waals surface area contributed by atoms with E-state index >= 15 is 0 Å². The van der Waals surface area contributed by atoms with Gasteiger partial charge in [0, 0.05) is 16.1 Å². The molecule has 0 aliphatic heterocycles. The summed E-state index contributed by atoms with van der Waals surface area (Å²) in [4.78, 5) is 0. The van der Waals surface area contributed by atoms with Crippen LogP contribution in [0.25, 0.3) is 10.9 Å². The van der Waals surface area contributed by atoms with Gasteiger partial charge in [-0.1, -0.05) is 30.5 Å². The van der Waals surface area contributed by atoms with Gasteiger partial charge >= 0.3 is 6.18 Å². The molecule has 3 nitrogen and oxygen atoms in total. The Kier molecular flexibility index (Phi) is 4.31. The molecule has 1 aliphatic rings. The molecule has 0 spiro atoms. The molecule has 0 bridgehead atoms. The zero-order chi connectivity index (χ0) is 18.3. The fourth-order valence-electron chi connectivity index (χ4n) is 3.54. The van der Waals surface area contributed by atoms with Gasteiger partial charge in [-0.3, -0.25) is 4.68 Å². The van der Waals surface area contributed by atoms with Gasteiger partial charge in [-0.2, -0.15) is 18.3 Å². The molecule has 1 aliphatic carbocycles. The molecule has 0 radical (unpaired) electrons. The smallest absolute Gasteiger partial charge is 0.338 e. The third-order valence-electron chi connectivity index (χ3n) is 4.79. The molecule has 0 atom stereocenters. The first-order chi connectivity index (χ1) is 12.4. The number of nitrogens with zero attached hydrogens (tertiary/aromatic N) is 2. The Morgan fingerprint density at radius 3 is 2.54 bits per heavy atom. The van der Waals surface area contributed by atoms with Gasteiger partial charge in [-0.15, -0.1) is 0 Å². The predicted octanol–water partition coefficient (Wildman–Crippen LogP) is 6.57. The molecule has 0 unspecified atom stereocenters. The highest BCUT2D eigenvalue weighted by Crippen LogP contribution is 2.38. The van der Waals surface area contributed by atoms with Crippen molar-refractivity contribution in [3.8, 4) is 0 Å². The number of alkyl halides is 3. The van der Waals surface area contributed by atoms with Crippen molar-refractivity contribution < 1.29 is 13.2 Å². The van der Waals surface area contributed by atoms with E-state index < -0.39 is 11.7 Å². The van der Waals surface area contributed by atoms with Gasteiger partial charge in [-0.05, 0) is 49.2 Å². The molecule has 1 saturated carbocycles. The van der Waals surface area contributed by atoms with Crippen LogP contribution in [0, 0.1) is 0 Å². The van der Waals surface area contributed by atoms with Gasteiger partial charge in [0.25, 0.3) is 0 Å². The zero-order valence-electron chi connectivity index (χ0n) is 13.9. The number of hydrogen-bond donors (Lipinski definition) is 1. The molecular weight excluding hydrogens is 363 g/mol. The summed E-state index contributed by atoms with van der Waals surface area (Å²) in [5.41, 5.74) is 0.729. The highest BCUT2D eigenvalue weighted by Gasteiger charge is 2.32. The van der Waals surface area contributed by atoms with Gasteiger partial charge in [0.15, 0.2) is 5.82 Å². The minimum Gasteiger partial charge on any atom is -0.338 e. The number of nitrogens with one attached hydrogen (secondary N) is 1. The average Bonchev–Trinajstić information content (AvgIpc) is 3.22. The van der Waals surface area contributed by atoms with Crippen LogP contribution in [0.1, 0.15) is 37.3 Å². The second-order valence-electron chi connectivity index (χ2n) is 6.60. The van der Waals surface area contributed by atoms with Crippen LogP contribution in [0.3, 0.4) is 0 Å². The van der Waals surface area contributed by atoms with Crippen molar-refractivity contribution in [2.45, 2.75) is 37.9 Å². The van der Waals surface area contributed by atoms with Gasteiger partial charge in [0.2, 0.25) is 0 Å². The van der Waals surface area contributed by atoms with Gasteiger partial charge in [0.1, 0.15) is 0 Å². The van der Waals surface area contributed by atoms with Crippen LogP contribution < -0.4 is 5.32 Å². The lowest BCUT2D eigenvalue weighted by Gasteiger charge is -2.11. The summed E-state index contributed by atoms with van der Waals surface area (Å²) in [6, 6.07) is 11.1. The monoisotopic (exact) mass is 379 g/mol. The molecule has 7 heteroatoms. The molecule has 3 aromatic rings. The average molecular weight is 380 g/mol. The number of fused-ring (bicyclic) bond motifs is 1. The van der Waals surface area contributed by atoms with Crippen molar-refractivity contribution in [3.63, 3.8) is 0 Å². The molecule has 1 aromatic heterocycles. The third-order valence-corrected chi connectivity index (χ3v) is 5.03. The molecule has 4 rings (SSSR count). The maximum Gasteiger partial charge on any atom is 0.416 e. The van der Waals surface area contributed by atoms with Gasteiger partial charge in [0.05, 0.1) is 17.1 Å². The van der Waals surface area contributed by atoms with Crippen molar-refractivity contribution in [3.05, 3.63) is 53.1 Å². The summed E-state index contributed by atoms with van der Waals surface area (Å²) in [5.74, 6) is 0.417. The molecule has 0 saturated heterocycles. The summed E-state index contributed by atoms with van der Waals surface area (Å²) in [6.45, 7) is 0.